The average molecular weight is 872 g/mol. The minimum absolute atomic E-state index is 0.00995. The van der Waals surface area contributed by atoms with Crippen molar-refractivity contribution in [3.63, 3.8) is 0 Å². The monoisotopic (exact) mass is 872 g/mol. The quantitative estimate of drug-likeness (QED) is 0.105. The summed E-state index contributed by atoms with van der Waals surface area (Å²) < 4.78 is 17.1. The van der Waals surface area contributed by atoms with Crippen LogP contribution in [0, 0.1) is 17.8 Å². The van der Waals surface area contributed by atoms with Crippen LogP contribution < -0.4 is 10.6 Å². The lowest BCUT2D eigenvalue weighted by molar-refractivity contribution is -0.143. The number of ether oxygens (including phenoxy) is 3. The zero-order chi connectivity index (χ0) is 45.8. The molecule has 8 unspecified atom stereocenters. The number of hydrogen-bond donors (Lipinski definition) is 3. The molecular formula is C46H73N5O9S. The van der Waals surface area contributed by atoms with Gasteiger partial charge in [0.2, 0.25) is 11.8 Å². The zero-order valence-corrected chi connectivity index (χ0v) is 39.6. The van der Waals surface area contributed by atoms with Gasteiger partial charge in [-0.3, -0.25) is 24.1 Å². The molecule has 342 valence electrons. The van der Waals surface area contributed by atoms with Crippen molar-refractivity contribution in [3.05, 3.63) is 45.4 Å². The van der Waals surface area contributed by atoms with Gasteiger partial charge in [0.1, 0.15) is 40.2 Å². The summed E-state index contributed by atoms with van der Waals surface area (Å²) >= 11 is 1.32. The number of nitrogens with zero attached hydrogens (tertiary/aromatic N) is 3. The Balaban J connectivity index is 1.90. The Morgan fingerprint density at radius 2 is 1.67 bits per heavy atom. The first-order chi connectivity index (χ1) is 28.7. The maximum Gasteiger partial charge on any atom is 0.410 e. The van der Waals surface area contributed by atoms with Gasteiger partial charge in [-0.05, 0) is 87.5 Å². The number of phenolic OH excluding ortho intramolecular Hbond substituents is 1. The molecule has 3 N–H and O–H groups in total. The Kier molecular flexibility index (Phi) is 19.5. The van der Waals surface area contributed by atoms with Gasteiger partial charge in [0.25, 0.3) is 5.91 Å². The predicted molar refractivity (Wildman–Crippen MR) is 237 cm³/mol. The molecule has 2 aromatic rings. The summed E-state index contributed by atoms with van der Waals surface area (Å²) in [4.78, 5) is 76.8. The van der Waals surface area contributed by atoms with Crippen molar-refractivity contribution in [3.8, 4) is 5.75 Å². The number of amides is 4. The van der Waals surface area contributed by atoms with Gasteiger partial charge < -0.3 is 34.9 Å². The molecular weight excluding hydrogens is 799 g/mol. The molecule has 1 aliphatic carbocycles. The predicted octanol–water partition coefficient (Wildman–Crippen LogP) is 7.78. The number of hydrogen-bond acceptors (Lipinski definition) is 11. The highest BCUT2D eigenvalue weighted by molar-refractivity contribution is 7.09. The Labute approximate surface area is 367 Å². The molecule has 1 aromatic heterocycles. The molecule has 14 nitrogen and oxygen atoms in total. The molecule has 1 aliphatic rings. The number of carbonyl (C=O) groups is 5. The summed E-state index contributed by atoms with van der Waals surface area (Å²) in [6.45, 7) is 22.2. The third kappa shape index (κ3) is 13.9. The first-order valence-electron chi connectivity index (χ1n) is 22.0. The Morgan fingerprint density at radius 3 is 2.25 bits per heavy atom. The molecule has 3 rings (SSSR count). The smallest absolute Gasteiger partial charge is 0.410 e. The number of thiazole rings is 1. The number of phenols is 1. The number of esters is 1. The number of aromatic hydroxyl groups is 1. The van der Waals surface area contributed by atoms with Crippen LogP contribution in [0.25, 0.3) is 0 Å². The largest absolute Gasteiger partial charge is 0.508 e. The van der Waals surface area contributed by atoms with Crippen LogP contribution in [0.2, 0.25) is 0 Å². The van der Waals surface area contributed by atoms with E-state index in [1.807, 2.05) is 46.4 Å². The lowest BCUT2D eigenvalue weighted by Crippen LogP contribution is -2.60. The molecule has 0 radical (unpaired) electrons. The van der Waals surface area contributed by atoms with E-state index >= 15 is 0 Å². The van der Waals surface area contributed by atoms with E-state index in [-0.39, 0.29) is 53.1 Å². The fourth-order valence-electron chi connectivity index (χ4n) is 7.87. The molecule has 0 saturated heterocycles. The number of fused-ring (bicyclic) bond motifs is 1. The van der Waals surface area contributed by atoms with Crippen molar-refractivity contribution in [2.24, 2.45) is 17.8 Å². The molecule has 0 saturated carbocycles. The maximum atomic E-state index is 14.9. The van der Waals surface area contributed by atoms with Crippen LogP contribution in [0.4, 0.5) is 4.79 Å². The Morgan fingerprint density at radius 1 is 1.00 bits per heavy atom. The number of carbonyl (C=O) groups excluding carboxylic acids is 5. The van der Waals surface area contributed by atoms with Gasteiger partial charge in [-0.15, -0.1) is 11.3 Å². The third-order valence-electron chi connectivity index (χ3n) is 11.6. The third-order valence-corrected chi connectivity index (χ3v) is 12.5. The number of nitrogens with one attached hydrogen (secondary N) is 2. The number of rotatable bonds is 21. The van der Waals surface area contributed by atoms with Crippen LogP contribution in [0.1, 0.15) is 153 Å². The molecule has 15 heteroatoms. The van der Waals surface area contributed by atoms with Crippen molar-refractivity contribution in [1.29, 1.82) is 0 Å². The van der Waals surface area contributed by atoms with Crippen LogP contribution in [0.5, 0.6) is 5.75 Å². The first kappa shape index (κ1) is 51.1. The molecule has 61 heavy (non-hydrogen) atoms. The van der Waals surface area contributed by atoms with E-state index in [1.165, 1.54) is 23.3 Å². The van der Waals surface area contributed by atoms with Crippen LogP contribution >= 0.6 is 11.3 Å². The van der Waals surface area contributed by atoms with E-state index in [9.17, 15) is 29.1 Å². The van der Waals surface area contributed by atoms with E-state index in [2.05, 4.69) is 24.5 Å². The van der Waals surface area contributed by atoms with Crippen LogP contribution in [0.3, 0.4) is 0 Å². The van der Waals surface area contributed by atoms with Crippen molar-refractivity contribution in [2.75, 3.05) is 27.3 Å². The van der Waals surface area contributed by atoms with E-state index < -0.39 is 47.7 Å². The molecule has 1 aromatic carbocycles. The van der Waals surface area contributed by atoms with Gasteiger partial charge in [-0.1, -0.05) is 74.3 Å². The van der Waals surface area contributed by atoms with Gasteiger partial charge in [-0.2, -0.15) is 0 Å². The molecule has 0 spiro atoms. The van der Waals surface area contributed by atoms with Crippen molar-refractivity contribution in [2.45, 2.75) is 163 Å². The second-order valence-corrected chi connectivity index (χ2v) is 18.8. The highest BCUT2D eigenvalue weighted by Crippen LogP contribution is 2.36. The summed E-state index contributed by atoms with van der Waals surface area (Å²) in [6, 6.07) is 2.51. The molecule has 4 amide bonds. The standard InChI is InChI=1S/C46H73N5O9S/c1-14-20-51(43(55)38(28(7)16-3)49-41(54)39(29(8)17-4)50(12)45(57)60-46(9,10)11)36(27(5)6)25-37(59-21-15-2)42-48-35(26-61-42)40(53)47-31-22-30-18-19-32(52)24-33(30)34(23-31)44(56)58-13/h18-19,24,26-29,31,34,36-39,52H,14-17,20-23,25H2,1-13H3,(H,47,53)(H,49,54). The van der Waals surface area contributed by atoms with Crippen LogP contribution in [-0.2, 0) is 35.0 Å². The highest BCUT2D eigenvalue weighted by atomic mass is 32.1. The van der Waals surface area contributed by atoms with E-state index in [0.29, 0.717) is 62.2 Å². The van der Waals surface area contributed by atoms with Crippen molar-refractivity contribution in [1.82, 2.24) is 25.4 Å². The minimum atomic E-state index is -0.861. The van der Waals surface area contributed by atoms with Crippen LogP contribution in [0.15, 0.2) is 23.6 Å². The molecule has 0 aliphatic heterocycles. The average Bonchev–Trinajstić information content (AvgIpc) is 3.71. The topological polar surface area (TPSA) is 177 Å². The summed E-state index contributed by atoms with van der Waals surface area (Å²) in [7, 11) is 2.89. The lowest BCUT2D eigenvalue weighted by Gasteiger charge is -2.40. The number of likely N-dealkylation sites (N-methyl/N-ethyl adjacent to an activating group) is 1. The molecule has 0 fully saturated rings. The van der Waals surface area contributed by atoms with Gasteiger partial charge in [0.05, 0.1) is 13.0 Å². The Hall–Kier alpha value is -4.24. The number of aromatic nitrogens is 1. The first-order valence-corrected chi connectivity index (χ1v) is 22.9. The maximum absolute atomic E-state index is 14.9. The summed E-state index contributed by atoms with van der Waals surface area (Å²) in [5.74, 6) is -2.44. The van der Waals surface area contributed by atoms with E-state index in [0.717, 1.165) is 12.0 Å². The lowest BCUT2D eigenvalue weighted by atomic mass is 9.80. The fraction of sp³-hybridized carbons (Fsp3) is 0.696. The fourth-order valence-corrected chi connectivity index (χ4v) is 8.73. The van der Waals surface area contributed by atoms with Crippen molar-refractivity contribution < 1.29 is 43.3 Å². The molecule has 8 atom stereocenters. The molecule has 1 heterocycles. The van der Waals surface area contributed by atoms with Gasteiger partial charge in [0, 0.05) is 44.1 Å². The number of benzene rings is 1. The van der Waals surface area contributed by atoms with Crippen LogP contribution in [-0.4, -0.2) is 107 Å². The minimum Gasteiger partial charge on any atom is -0.508 e. The summed E-state index contributed by atoms with van der Waals surface area (Å²) in [6.07, 6.45) is 2.73. The summed E-state index contributed by atoms with van der Waals surface area (Å²) in [5, 5.41) is 18.6. The number of methoxy groups -OCH3 is 1. The van der Waals surface area contributed by atoms with Gasteiger partial charge in [-0.25, -0.2) is 9.78 Å². The summed E-state index contributed by atoms with van der Waals surface area (Å²) in [5.41, 5.74) is 1.02. The molecule has 0 bridgehead atoms. The van der Waals surface area contributed by atoms with E-state index in [1.54, 1.807) is 51.4 Å². The van der Waals surface area contributed by atoms with E-state index in [4.69, 9.17) is 19.2 Å². The second-order valence-electron chi connectivity index (χ2n) is 17.9. The zero-order valence-electron chi connectivity index (χ0n) is 38.8. The SMILES string of the molecule is CCCOC(CC(C(C)C)N(CCC)C(=O)C(NC(=O)C(C(C)CC)N(C)C(=O)OC(C)(C)C)C(C)CC)c1nc(C(=O)NC2Cc3ccc(O)cc3C(C(=O)OC)C2)cs1. The van der Waals surface area contributed by atoms with Crippen molar-refractivity contribution >= 4 is 41.1 Å². The normalized spacial score (nSPS) is 18.1. The highest BCUT2D eigenvalue weighted by Gasteiger charge is 2.40. The van der Waals surface area contributed by atoms with Gasteiger partial charge >= 0.3 is 12.1 Å². The Bertz CT molecular complexity index is 1780. The van der Waals surface area contributed by atoms with Gasteiger partial charge in [0.15, 0.2) is 0 Å². The second kappa shape index (κ2) is 23.3.